The van der Waals surface area contributed by atoms with Gasteiger partial charge >= 0.3 is 0 Å². The van der Waals surface area contributed by atoms with Crippen molar-refractivity contribution in [3.8, 4) is 0 Å². The third kappa shape index (κ3) is 5.16. The first-order valence-electron chi connectivity index (χ1n) is 10.3. The van der Waals surface area contributed by atoms with E-state index in [1.165, 1.54) is 47.9 Å². The van der Waals surface area contributed by atoms with Crippen LogP contribution in [0.2, 0.25) is 0 Å². The fourth-order valence-electron chi connectivity index (χ4n) is 3.33. The second kappa shape index (κ2) is 9.65. The van der Waals surface area contributed by atoms with Crippen LogP contribution in [0.4, 0.5) is 0 Å². The van der Waals surface area contributed by atoms with Crippen molar-refractivity contribution in [2.75, 3.05) is 0 Å². The summed E-state index contributed by atoms with van der Waals surface area (Å²) in [6, 6.07) is 14.0. The molecule has 0 amide bonds. The van der Waals surface area contributed by atoms with E-state index in [1.807, 2.05) is 0 Å². The first-order valence-corrected chi connectivity index (χ1v) is 11.2. The molecule has 1 heteroatoms. The van der Waals surface area contributed by atoms with E-state index in [0.29, 0.717) is 0 Å². The first-order chi connectivity index (χ1) is 12.4. The summed E-state index contributed by atoms with van der Waals surface area (Å²) in [5, 5.41) is 0. The Hall–Kier alpha value is -1.21. The molecule has 2 aromatic carbocycles. The average Bonchev–Trinajstić information content (AvgIpc) is 2.83. The van der Waals surface area contributed by atoms with Gasteiger partial charge in [-0.3, -0.25) is 0 Å². The van der Waals surface area contributed by atoms with Gasteiger partial charge in [0, 0.05) is 10.5 Å². The highest BCUT2D eigenvalue weighted by atomic mass is 32.2. The van der Waals surface area contributed by atoms with E-state index >= 15 is 0 Å². The number of fused-ring (bicyclic) bond motifs is 1. The van der Waals surface area contributed by atoms with E-state index in [9.17, 15) is 0 Å². The van der Waals surface area contributed by atoms with Crippen molar-refractivity contribution in [1.82, 2.24) is 0 Å². The summed E-state index contributed by atoms with van der Waals surface area (Å²) in [7, 11) is 0. The molecular formula is C25H36S. The zero-order valence-electron chi connectivity index (χ0n) is 17.6. The van der Waals surface area contributed by atoms with Crippen LogP contribution in [-0.4, -0.2) is 0 Å². The number of unbranched alkanes of at least 4 members (excludes halogenated alkanes) is 1. The smallest absolute Gasteiger partial charge is 0.0386 e. The third-order valence-electron chi connectivity index (χ3n) is 5.68. The molecule has 0 bridgehead atoms. The number of thioether (sulfide) groups is 1. The SMILES string of the molecule is CCCC.CCc1cccc(C2(C)CCc3cc(C)c(C)cc3CS2)c1. The Morgan fingerprint density at radius 2 is 1.58 bits per heavy atom. The van der Waals surface area contributed by atoms with Gasteiger partial charge in [0.25, 0.3) is 0 Å². The average molecular weight is 369 g/mol. The molecule has 0 saturated carbocycles. The highest BCUT2D eigenvalue weighted by molar-refractivity contribution is 7.99. The zero-order valence-corrected chi connectivity index (χ0v) is 18.4. The summed E-state index contributed by atoms with van der Waals surface area (Å²) in [5.74, 6) is 1.13. The Balaban J connectivity index is 0.000000552. The van der Waals surface area contributed by atoms with Crippen LogP contribution in [0.25, 0.3) is 0 Å². The fourth-order valence-corrected chi connectivity index (χ4v) is 4.62. The standard InChI is InChI=1S/C21H26S.C4H10/c1-5-17-7-6-8-20(13-17)21(4)10-9-18-11-15(2)16(3)12-19(18)14-22-21;1-3-4-2/h6-8,11-13H,5,9-10,14H2,1-4H3;3-4H2,1-2H3. The Morgan fingerprint density at radius 3 is 2.19 bits per heavy atom. The second-order valence-corrected chi connectivity index (χ2v) is 9.26. The predicted octanol–water partition coefficient (Wildman–Crippen LogP) is 7.77. The Labute approximate surface area is 165 Å². The van der Waals surface area contributed by atoms with Crippen LogP contribution in [0.1, 0.15) is 80.3 Å². The Bertz CT molecular complexity index is 679. The molecule has 0 aliphatic carbocycles. The van der Waals surface area contributed by atoms with E-state index in [-0.39, 0.29) is 4.75 Å². The van der Waals surface area contributed by atoms with Crippen molar-refractivity contribution in [1.29, 1.82) is 0 Å². The number of aryl methyl sites for hydroxylation is 4. The molecule has 1 aliphatic heterocycles. The Kier molecular flexibility index (Phi) is 7.83. The molecule has 26 heavy (non-hydrogen) atoms. The largest absolute Gasteiger partial charge is 0.146 e. The van der Waals surface area contributed by atoms with Gasteiger partial charge in [-0.2, -0.15) is 0 Å². The Morgan fingerprint density at radius 1 is 0.923 bits per heavy atom. The van der Waals surface area contributed by atoms with Crippen molar-refractivity contribution in [2.24, 2.45) is 0 Å². The lowest BCUT2D eigenvalue weighted by Gasteiger charge is -2.28. The van der Waals surface area contributed by atoms with E-state index < -0.39 is 0 Å². The van der Waals surface area contributed by atoms with Gasteiger partial charge in [-0.1, -0.05) is 70.0 Å². The second-order valence-electron chi connectivity index (χ2n) is 7.78. The van der Waals surface area contributed by atoms with Gasteiger partial charge < -0.3 is 0 Å². The summed E-state index contributed by atoms with van der Waals surface area (Å²) < 4.78 is 0.228. The lowest BCUT2D eigenvalue weighted by molar-refractivity contribution is 0.624. The van der Waals surface area contributed by atoms with Crippen LogP contribution < -0.4 is 0 Å². The van der Waals surface area contributed by atoms with E-state index in [4.69, 9.17) is 0 Å². The molecule has 3 rings (SSSR count). The van der Waals surface area contributed by atoms with Crippen LogP contribution in [0, 0.1) is 13.8 Å². The summed E-state index contributed by atoms with van der Waals surface area (Å²) in [5.41, 5.74) is 8.91. The van der Waals surface area contributed by atoms with Crippen molar-refractivity contribution in [3.63, 3.8) is 0 Å². The van der Waals surface area contributed by atoms with Gasteiger partial charge in [0.05, 0.1) is 0 Å². The maximum absolute atomic E-state index is 2.43. The van der Waals surface area contributed by atoms with Crippen LogP contribution >= 0.6 is 11.8 Å². The highest BCUT2D eigenvalue weighted by Crippen LogP contribution is 2.45. The normalized spacial score (nSPS) is 19.2. The molecule has 0 spiro atoms. The van der Waals surface area contributed by atoms with E-state index in [0.717, 1.165) is 12.2 Å². The lowest BCUT2D eigenvalue weighted by atomic mass is 9.90. The topological polar surface area (TPSA) is 0 Å². The molecular weight excluding hydrogens is 332 g/mol. The maximum atomic E-state index is 2.43. The minimum absolute atomic E-state index is 0.228. The fraction of sp³-hybridized carbons (Fsp3) is 0.520. The van der Waals surface area contributed by atoms with E-state index in [2.05, 4.69) is 89.7 Å². The predicted molar refractivity (Wildman–Crippen MR) is 119 cm³/mol. The monoisotopic (exact) mass is 368 g/mol. The molecule has 0 saturated heterocycles. The van der Waals surface area contributed by atoms with Gasteiger partial charge in [-0.25, -0.2) is 0 Å². The third-order valence-corrected chi connectivity index (χ3v) is 7.21. The van der Waals surface area contributed by atoms with Crippen molar-refractivity contribution >= 4 is 11.8 Å². The summed E-state index contributed by atoms with van der Waals surface area (Å²) in [6.07, 6.45) is 6.17. The number of hydrogen-bond acceptors (Lipinski definition) is 1. The van der Waals surface area contributed by atoms with Crippen LogP contribution in [-0.2, 0) is 23.3 Å². The number of rotatable bonds is 3. The van der Waals surface area contributed by atoms with Crippen LogP contribution in [0.5, 0.6) is 0 Å². The molecule has 1 unspecified atom stereocenters. The minimum Gasteiger partial charge on any atom is -0.146 e. The van der Waals surface area contributed by atoms with Crippen molar-refractivity contribution < 1.29 is 0 Å². The first kappa shape index (κ1) is 21.1. The van der Waals surface area contributed by atoms with Gasteiger partial charge in [0.2, 0.25) is 0 Å². The van der Waals surface area contributed by atoms with Gasteiger partial charge in [0.15, 0.2) is 0 Å². The summed E-state index contributed by atoms with van der Waals surface area (Å²) in [6.45, 7) is 13.5. The maximum Gasteiger partial charge on any atom is 0.0386 e. The van der Waals surface area contributed by atoms with Crippen molar-refractivity contribution in [2.45, 2.75) is 84.1 Å². The van der Waals surface area contributed by atoms with Crippen LogP contribution in [0.15, 0.2) is 36.4 Å². The summed E-state index contributed by atoms with van der Waals surface area (Å²) >= 11 is 2.12. The number of benzene rings is 2. The molecule has 1 heterocycles. The molecule has 0 nitrogen and oxygen atoms in total. The zero-order chi connectivity index (χ0) is 19.2. The van der Waals surface area contributed by atoms with Gasteiger partial charge in [0.1, 0.15) is 0 Å². The van der Waals surface area contributed by atoms with Crippen LogP contribution in [0.3, 0.4) is 0 Å². The lowest BCUT2D eigenvalue weighted by Crippen LogP contribution is -2.17. The quantitative estimate of drug-likeness (QED) is 0.533. The highest BCUT2D eigenvalue weighted by Gasteiger charge is 2.30. The molecule has 1 aliphatic rings. The molecule has 2 aromatic rings. The summed E-state index contributed by atoms with van der Waals surface area (Å²) in [4.78, 5) is 0. The molecule has 1 atom stereocenters. The molecule has 0 N–H and O–H groups in total. The molecule has 0 fully saturated rings. The molecule has 0 aromatic heterocycles. The van der Waals surface area contributed by atoms with Crippen molar-refractivity contribution in [3.05, 3.63) is 69.8 Å². The molecule has 142 valence electrons. The molecule has 0 radical (unpaired) electrons. The number of hydrogen-bond donors (Lipinski definition) is 0. The minimum atomic E-state index is 0.228. The van der Waals surface area contributed by atoms with E-state index in [1.54, 1.807) is 11.1 Å². The van der Waals surface area contributed by atoms with Gasteiger partial charge in [-0.05, 0) is 73.4 Å². The van der Waals surface area contributed by atoms with Gasteiger partial charge in [-0.15, -0.1) is 11.8 Å².